The van der Waals surface area contributed by atoms with Crippen LogP contribution in [0.4, 0.5) is 0 Å². The van der Waals surface area contributed by atoms with Gasteiger partial charge in [0.25, 0.3) is 0 Å². The smallest absolute Gasteiger partial charge is 0.324 e. The quantitative estimate of drug-likeness (QED) is 0.666. The van der Waals surface area contributed by atoms with Crippen LogP contribution in [0.5, 0.6) is 0 Å². The predicted octanol–water partition coefficient (Wildman–Crippen LogP) is 0.781. The van der Waals surface area contributed by atoms with E-state index in [1.807, 2.05) is 18.7 Å². The maximum Gasteiger partial charge on any atom is 0.324 e. The molecule has 126 valence electrons. The highest BCUT2D eigenvalue weighted by Gasteiger charge is 2.76. The zero-order valence-electron chi connectivity index (χ0n) is 13.0. The Morgan fingerprint density at radius 3 is 2.61 bits per heavy atom. The van der Waals surface area contributed by atoms with Gasteiger partial charge in [-0.05, 0) is 25.4 Å². The van der Waals surface area contributed by atoms with Crippen LogP contribution in [0.15, 0.2) is 11.5 Å². The molecule has 0 aromatic carbocycles. The van der Waals surface area contributed by atoms with Crippen LogP contribution in [0.2, 0.25) is 0 Å². The number of aromatic nitrogens is 3. The first-order valence-corrected chi connectivity index (χ1v) is 8.58. The van der Waals surface area contributed by atoms with Gasteiger partial charge in [0.1, 0.15) is 11.9 Å². The van der Waals surface area contributed by atoms with Crippen molar-refractivity contribution in [1.82, 2.24) is 20.1 Å². The number of aliphatic carboxylic acids is 2. The molecule has 23 heavy (non-hydrogen) atoms. The Bertz CT molecular complexity index is 606. The molecule has 8 nitrogen and oxygen atoms in total. The van der Waals surface area contributed by atoms with E-state index in [1.165, 1.54) is 18.1 Å². The lowest BCUT2D eigenvalue weighted by molar-refractivity contribution is -0.154. The van der Waals surface area contributed by atoms with Gasteiger partial charge in [-0.1, -0.05) is 25.6 Å². The third-order valence-electron chi connectivity index (χ3n) is 5.21. The highest BCUT2D eigenvalue weighted by Crippen LogP contribution is 2.67. The number of likely N-dealkylation sites (N-methyl/N-ethyl adjacent to an activating group) is 1. The molecule has 0 saturated heterocycles. The van der Waals surface area contributed by atoms with Crippen LogP contribution >= 0.6 is 11.8 Å². The predicted molar refractivity (Wildman–Crippen MR) is 82.0 cm³/mol. The fraction of sp³-hybridized carbons (Fsp3) is 0.714. The first-order valence-electron chi connectivity index (χ1n) is 7.70. The Hall–Kier alpha value is -1.61. The summed E-state index contributed by atoms with van der Waals surface area (Å²) in [5.41, 5.74) is -1.10. The highest BCUT2D eigenvalue weighted by atomic mass is 32.2. The number of nitrogens with zero attached hydrogens (tertiary/aromatic N) is 3. The topological polar surface area (TPSA) is 119 Å². The van der Waals surface area contributed by atoms with Crippen LogP contribution in [0.3, 0.4) is 0 Å². The fourth-order valence-electron chi connectivity index (χ4n) is 4.32. The van der Waals surface area contributed by atoms with E-state index < -0.39 is 23.4 Å². The lowest BCUT2D eigenvalue weighted by Crippen LogP contribution is -2.56. The summed E-state index contributed by atoms with van der Waals surface area (Å²) in [7, 11) is 0. The van der Waals surface area contributed by atoms with E-state index in [9.17, 15) is 19.8 Å². The summed E-state index contributed by atoms with van der Waals surface area (Å²) in [6, 6.07) is 0. The number of carbonyl (C=O) groups is 2. The standard InChI is InChI=1S/C14H20N4O4S/c1-3-18(4-2)14(12(21)22)5-7(23-13-15-6-16-17-13)8-9(10(8)14)11(19)20/h6-10H,3-5H2,1-2H3,(H,19,20)(H,21,22)(H,15,16,17)/t7-,8+,9+,10+,14+/m1/s1. The molecule has 0 amide bonds. The molecule has 0 radical (unpaired) electrons. The largest absolute Gasteiger partial charge is 0.481 e. The third-order valence-corrected chi connectivity index (χ3v) is 6.41. The number of hydrogen-bond acceptors (Lipinski definition) is 6. The summed E-state index contributed by atoms with van der Waals surface area (Å²) in [5.74, 6) is -2.90. The van der Waals surface area contributed by atoms with E-state index in [2.05, 4.69) is 15.2 Å². The summed E-state index contributed by atoms with van der Waals surface area (Å²) in [5, 5.41) is 26.5. The van der Waals surface area contributed by atoms with Crippen molar-refractivity contribution in [2.75, 3.05) is 13.1 Å². The van der Waals surface area contributed by atoms with Crippen molar-refractivity contribution in [3.05, 3.63) is 6.33 Å². The van der Waals surface area contributed by atoms with E-state index in [0.717, 1.165) is 0 Å². The Balaban J connectivity index is 1.94. The fourth-order valence-corrected chi connectivity index (χ4v) is 5.65. The Morgan fingerprint density at radius 1 is 1.43 bits per heavy atom. The molecule has 1 aromatic rings. The number of fused-ring (bicyclic) bond motifs is 1. The van der Waals surface area contributed by atoms with Crippen LogP contribution in [-0.4, -0.2) is 66.1 Å². The summed E-state index contributed by atoms with van der Waals surface area (Å²) in [6.07, 6.45) is 1.82. The summed E-state index contributed by atoms with van der Waals surface area (Å²) in [6.45, 7) is 4.99. The zero-order chi connectivity index (χ0) is 16.8. The molecule has 9 heteroatoms. The average Bonchev–Trinajstić information content (AvgIpc) is 2.88. The van der Waals surface area contributed by atoms with Gasteiger partial charge < -0.3 is 10.2 Å². The summed E-state index contributed by atoms with van der Waals surface area (Å²) in [4.78, 5) is 29.7. The van der Waals surface area contributed by atoms with Crippen molar-refractivity contribution in [2.24, 2.45) is 17.8 Å². The van der Waals surface area contributed by atoms with E-state index in [-0.39, 0.29) is 17.1 Å². The molecular weight excluding hydrogens is 320 g/mol. The van der Waals surface area contributed by atoms with Crippen molar-refractivity contribution in [3.8, 4) is 0 Å². The molecule has 5 atom stereocenters. The monoisotopic (exact) mass is 340 g/mol. The lowest BCUT2D eigenvalue weighted by atomic mass is 9.88. The number of rotatable bonds is 7. The minimum absolute atomic E-state index is 0.0919. The van der Waals surface area contributed by atoms with Gasteiger partial charge in [0.05, 0.1) is 5.92 Å². The number of nitrogens with one attached hydrogen (secondary N) is 1. The minimum Gasteiger partial charge on any atom is -0.481 e. The number of aromatic amines is 1. The van der Waals surface area contributed by atoms with Crippen LogP contribution in [-0.2, 0) is 9.59 Å². The molecule has 1 aromatic heterocycles. The molecule has 3 N–H and O–H groups in total. The molecule has 2 saturated carbocycles. The molecule has 2 aliphatic carbocycles. The number of hydrogen-bond donors (Lipinski definition) is 3. The second-order valence-corrected chi connectivity index (χ2v) is 7.25. The number of carboxylic acids is 2. The molecule has 2 aliphatic rings. The average molecular weight is 340 g/mol. The number of H-pyrrole nitrogens is 1. The van der Waals surface area contributed by atoms with Gasteiger partial charge >= 0.3 is 11.9 Å². The van der Waals surface area contributed by atoms with E-state index in [0.29, 0.717) is 24.7 Å². The van der Waals surface area contributed by atoms with Gasteiger partial charge in [-0.15, -0.1) is 0 Å². The van der Waals surface area contributed by atoms with Crippen molar-refractivity contribution < 1.29 is 19.8 Å². The maximum atomic E-state index is 12.2. The van der Waals surface area contributed by atoms with Gasteiger partial charge in [0.2, 0.25) is 0 Å². The van der Waals surface area contributed by atoms with Crippen LogP contribution < -0.4 is 0 Å². The van der Waals surface area contributed by atoms with Gasteiger partial charge in [0, 0.05) is 11.2 Å². The molecule has 2 fully saturated rings. The van der Waals surface area contributed by atoms with Crippen molar-refractivity contribution in [1.29, 1.82) is 0 Å². The lowest BCUT2D eigenvalue weighted by Gasteiger charge is -2.39. The first kappa shape index (κ1) is 16.3. The second-order valence-electron chi connectivity index (χ2n) is 6.02. The van der Waals surface area contributed by atoms with E-state index in [4.69, 9.17) is 0 Å². The summed E-state index contributed by atoms with van der Waals surface area (Å²) >= 11 is 1.40. The SMILES string of the molecule is CCN(CC)[C@@]1(C(=O)O)C[C@@H](Sc2ncn[nH]2)[C@H]2[C@H](C(=O)O)[C@H]21. The van der Waals surface area contributed by atoms with Gasteiger partial charge in [-0.3, -0.25) is 19.6 Å². The molecule has 0 bridgehead atoms. The Labute approximate surface area is 137 Å². The first-order chi connectivity index (χ1) is 11.0. The normalized spacial score (nSPS) is 35.3. The van der Waals surface area contributed by atoms with Gasteiger partial charge in [0.15, 0.2) is 5.16 Å². The number of thioether (sulfide) groups is 1. The zero-order valence-corrected chi connectivity index (χ0v) is 13.8. The van der Waals surface area contributed by atoms with Crippen molar-refractivity contribution >= 4 is 23.7 Å². The number of carboxylic acid groups (broad SMARTS) is 2. The van der Waals surface area contributed by atoms with E-state index >= 15 is 0 Å². The highest BCUT2D eigenvalue weighted by molar-refractivity contribution is 7.99. The van der Waals surface area contributed by atoms with E-state index in [1.54, 1.807) is 0 Å². The molecule has 3 rings (SSSR count). The van der Waals surface area contributed by atoms with Crippen LogP contribution in [0.1, 0.15) is 20.3 Å². The summed E-state index contributed by atoms with van der Waals surface area (Å²) < 4.78 is 0. The Kier molecular flexibility index (Phi) is 4.09. The Morgan fingerprint density at radius 2 is 2.13 bits per heavy atom. The molecular formula is C14H20N4O4S. The van der Waals surface area contributed by atoms with Gasteiger partial charge in [-0.25, -0.2) is 4.98 Å². The third kappa shape index (κ3) is 2.33. The molecule has 1 heterocycles. The second kappa shape index (κ2) is 5.79. The maximum absolute atomic E-state index is 12.2. The molecule has 0 spiro atoms. The molecule has 0 aliphatic heterocycles. The molecule has 0 unspecified atom stereocenters. The van der Waals surface area contributed by atoms with Crippen molar-refractivity contribution in [3.63, 3.8) is 0 Å². The van der Waals surface area contributed by atoms with Crippen LogP contribution in [0, 0.1) is 17.8 Å². The van der Waals surface area contributed by atoms with Crippen LogP contribution in [0.25, 0.3) is 0 Å². The minimum atomic E-state index is -1.10. The van der Waals surface area contributed by atoms with Crippen molar-refractivity contribution in [2.45, 2.75) is 36.2 Å². The van der Waals surface area contributed by atoms with Gasteiger partial charge in [-0.2, -0.15) is 5.10 Å².